The molecule has 1 heterocycles. The highest BCUT2D eigenvalue weighted by molar-refractivity contribution is 6.32. The van der Waals surface area contributed by atoms with Gasteiger partial charge in [-0.05, 0) is 38.7 Å². The number of carbonyl (C=O) groups is 1. The van der Waals surface area contributed by atoms with Crippen LogP contribution in [0, 0.1) is 13.8 Å². The van der Waals surface area contributed by atoms with Crippen molar-refractivity contribution in [1.29, 1.82) is 0 Å². The Morgan fingerprint density at radius 2 is 2.11 bits per heavy atom. The van der Waals surface area contributed by atoms with E-state index in [-0.39, 0.29) is 23.6 Å². The maximum absolute atomic E-state index is 12.2. The molecule has 2 atom stereocenters. The van der Waals surface area contributed by atoms with Gasteiger partial charge < -0.3 is 16.0 Å². The van der Waals surface area contributed by atoms with E-state index in [4.69, 9.17) is 17.3 Å². The van der Waals surface area contributed by atoms with E-state index >= 15 is 0 Å². The molecule has 2 rings (SSSR count). The van der Waals surface area contributed by atoms with Gasteiger partial charge in [0.2, 0.25) is 0 Å². The fourth-order valence-electron chi connectivity index (χ4n) is 2.53. The van der Waals surface area contributed by atoms with Crippen LogP contribution < -0.4 is 16.6 Å². The molecule has 1 aliphatic carbocycles. The molecule has 1 amide bonds. The predicted molar refractivity (Wildman–Crippen MR) is 74.6 cm³/mol. The van der Waals surface area contributed by atoms with Crippen LogP contribution in [0.2, 0.25) is 5.02 Å². The largest absolute Gasteiger partial charge is 0.349 e. The van der Waals surface area contributed by atoms with Crippen molar-refractivity contribution in [3.05, 3.63) is 32.2 Å². The van der Waals surface area contributed by atoms with E-state index in [1.807, 2.05) is 0 Å². The summed E-state index contributed by atoms with van der Waals surface area (Å²) in [5.74, 6) is -0.375. The molecule has 6 heteroatoms. The number of H-pyrrole nitrogens is 1. The number of nitrogens with one attached hydrogen (secondary N) is 2. The molecule has 19 heavy (non-hydrogen) atoms. The molecule has 0 unspecified atom stereocenters. The number of hydrogen-bond donors (Lipinski definition) is 3. The molecular formula is C13H18ClN3O2. The van der Waals surface area contributed by atoms with Crippen molar-refractivity contribution in [2.75, 3.05) is 0 Å². The van der Waals surface area contributed by atoms with Crippen molar-refractivity contribution < 1.29 is 4.79 Å². The zero-order valence-corrected chi connectivity index (χ0v) is 11.8. The number of rotatable bonds is 2. The quantitative estimate of drug-likeness (QED) is 0.763. The third kappa shape index (κ3) is 2.82. The molecule has 0 radical (unpaired) electrons. The Bertz CT molecular complexity index is 568. The number of amides is 1. The second-order valence-corrected chi connectivity index (χ2v) is 5.51. The van der Waals surface area contributed by atoms with Crippen molar-refractivity contribution in [2.45, 2.75) is 45.2 Å². The van der Waals surface area contributed by atoms with E-state index in [1.54, 1.807) is 13.8 Å². The van der Waals surface area contributed by atoms with Gasteiger partial charge >= 0.3 is 0 Å². The first kappa shape index (κ1) is 14.1. The van der Waals surface area contributed by atoms with Crippen LogP contribution in [0.4, 0.5) is 0 Å². The average Bonchev–Trinajstić information content (AvgIpc) is 2.72. The van der Waals surface area contributed by atoms with Gasteiger partial charge in [-0.15, -0.1) is 0 Å². The predicted octanol–water partition coefficient (Wildman–Crippen LogP) is 1.25. The molecule has 0 aliphatic heterocycles. The third-order valence-electron chi connectivity index (χ3n) is 3.60. The van der Waals surface area contributed by atoms with Crippen molar-refractivity contribution in [1.82, 2.24) is 10.3 Å². The molecule has 0 bridgehead atoms. The van der Waals surface area contributed by atoms with Crippen molar-refractivity contribution in [2.24, 2.45) is 5.73 Å². The van der Waals surface area contributed by atoms with E-state index in [2.05, 4.69) is 10.3 Å². The molecule has 0 saturated heterocycles. The van der Waals surface area contributed by atoms with Gasteiger partial charge in [0, 0.05) is 17.8 Å². The Balaban J connectivity index is 2.25. The minimum Gasteiger partial charge on any atom is -0.349 e. The fourth-order valence-corrected chi connectivity index (χ4v) is 2.67. The van der Waals surface area contributed by atoms with Crippen LogP contribution in [0.15, 0.2) is 4.79 Å². The van der Waals surface area contributed by atoms with Crippen LogP contribution in [-0.2, 0) is 0 Å². The molecule has 1 saturated carbocycles. The van der Waals surface area contributed by atoms with E-state index in [9.17, 15) is 9.59 Å². The minimum atomic E-state index is -0.404. The highest BCUT2D eigenvalue weighted by Gasteiger charge is 2.25. The molecule has 4 N–H and O–H groups in total. The second-order valence-electron chi connectivity index (χ2n) is 5.14. The summed E-state index contributed by atoms with van der Waals surface area (Å²) >= 11 is 6.07. The van der Waals surface area contributed by atoms with E-state index in [1.165, 1.54) is 0 Å². The molecule has 1 aromatic rings. The van der Waals surface area contributed by atoms with Crippen molar-refractivity contribution in [3.63, 3.8) is 0 Å². The Kier molecular flexibility index (Phi) is 3.96. The number of halogens is 1. The van der Waals surface area contributed by atoms with Gasteiger partial charge in [0.05, 0.1) is 5.02 Å². The summed E-state index contributed by atoms with van der Waals surface area (Å²) in [7, 11) is 0. The Labute approximate surface area is 116 Å². The van der Waals surface area contributed by atoms with Crippen LogP contribution in [0.25, 0.3) is 0 Å². The SMILES string of the molecule is Cc1[nH]c(=O)c(C(=O)N[C@@H]2CC[C@@H](N)C2)c(C)c1Cl. The number of hydrogen-bond acceptors (Lipinski definition) is 3. The number of carbonyl (C=O) groups excluding carboxylic acids is 1. The highest BCUT2D eigenvalue weighted by atomic mass is 35.5. The lowest BCUT2D eigenvalue weighted by Crippen LogP contribution is -2.37. The number of pyridine rings is 1. The lowest BCUT2D eigenvalue weighted by molar-refractivity contribution is 0.0935. The Morgan fingerprint density at radius 3 is 2.68 bits per heavy atom. The first-order valence-corrected chi connectivity index (χ1v) is 6.73. The molecule has 104 valence electrons. The van der Waals surface area contributed by atoms with E-state index in [0.29, 0.717) is 16.3 Å². The molecule has 1 aromatic heterocycles. The van der Waals surface area contributed by atoms with Gasteiger partial charge in [0.25, 0.3) is 11.5 Å². The van der Waals surface area contributed by atoms with Crippen LogP contribution in [0.1, 0.15) is 40.9 Å². The topological polar surface area (TPSA) is 88.0 Å². The lowest BCUT2D eigenvalue weighted by Gasteiger charge is -2.14. The van der Waals surface area contributed by atoms with Crippen LogP contribution in [0.5, 0.6) is 0 Å². The summed E-state index contributed by atoms with van der Waals surface area (Å²) in [5, 5.41) is 3.28. The Morgan fingerprint density at radius 1 is 1.42 bits per heavy atom. The van der Waals surface area contributed by atoms with Gasteiger partial charge in [0.15, 0.2) is 0 Å². The zero-order valence-electron chi connectivity index (χ0n) is 11.0. The van der Waals surface area contributed by atoms with Crippen LogP contribution in [0.3, 0.4) is 0 Å². The maximum Gasteiger partial charge on any atom is 0.261 e. The normalized spacial score (nSPS) is 22.5. The Hall–Kier alpha value is -1.33. The van der Waals surface area contributed by atoms with Gasteiger partial charge in [-0.3, -0.25) is 9.59 Å². The number of aromatic amines is 1. The average molecular weight is 284 g/mol. The summed E-state index contributed by atoms with van der Waals surface area (Å²) < 4.78 is 0. The molecule has 5 nitrogen and oxygen atoms in total. The van der Waals surface area contributed by atoms with Gasteiger partial charge in [0.1, 0.15) is 5.56 Å². The fraction of sp³-hybridized carbons (Fsp3) is 0.538. The van der Waals surface area contributed by atoms with E-state index in [0.717, 1.165) is 19.3 Å². The second kappa shape index (κ2) is 5.35. The monoisotopic (exact) mass is 283 g/mol. The van der Waals surface area contributed by atoms with Crippen molar-refractivity contribution in [3.8, 4) is 0 Å². The summed E-state index contributed by atoms with van der Waals surface area (Å²) in [6.45, 7) is 3.38. The van der Waals surface area contributed by atoms with Crippen molar-refractivity contribution >= 4 is 17.5 Å². The molecule has 0 aromatic carbocycles. The molecule has 1 aliphatic rings. The highest BCUT2D eigenvalue weighted by Crippen LogP contribution is 2.21. The molecule has 0 spiro atoms. The van der Waals surface area contributed by atoms with E-state index < -0.39 is 5.56 Å². The summed E-state index contributed by atoms with van der Waals surface area (Å²) in [6, 6.07) is 0.174. The summed E-state index contributed by atoms with van der Waals surface area (Å²) in [4.78, 5) is 26.7. The minimum absolute atomic E-state index is 0.0429. The zero-order chi connectivity index (χ0) is 14.2. The number of aryl methyl sites for hydroxylation is 1. The van der Waals surface area contributed by atoms with Crippen LogP contribution in [-0.4, -0.2) is 23.0 Å². The first-order chi connectivity index (χ1) is 8.90. The smallest absolute Gasteiger partial charge is 0.261 e. The number of nitrogens with two attached hydrogens (primary N) is 1. The van der Waals surface area contributed by atoms with Crippen LogP contribution >= 0.6 is 11.6 Å². The summed E-state index contributed by atoms with van der Waals surface area (Å²) in [6.07, 6.45) is 2.50. The summed E-state index contributed by atoms with van der Waals surface area (Å²) in [5.41, 5.74) is 6.58. The maximum atomic E-state index is 12.2. The van der Waals surface area contributed by atoms with Gasteiger partial charge in [-0.25, -0.2) is 0 Å². The lowest BCUT2D eigenvalue weighted by atomic mass is 10.1. The standard InChI is InChI=1S/C13H18ClN3O2/c1-6-10(12(18)16-7(2)11(6)14)13(19)17-9-4-3-8(15)5-9/h8-9H,3-5,15H2,1-2H3,(H,16,18)(H,17,19)/t8-,9-/m1/s1. The third-order valence-corrected chi connectivity index (χ3v) is 4.16. The van der Waals surface area contributed by atoms with Gasteiger partial charge in [-0.2, -0.15) is 0 Å². The first-order valence-electron chi connectivity index (χ1n) is 6.35. The molecule has 1 fully saturated rings. The number of aromatic nitrogens is 1. The molecular weight excluding hydrogens is 266 g/mol. The van der Waals surface area contributed by atoms with Gasteiger partial charge in [-0.1, -0.05) is 11.6 Å².